The second kappa shape index (κ2) is 4.79. The summed E-state index contributed by atoms with van der Waals surface area (Å²) < 4.78 is 0. The highest BCUT2D eigenvalue weighted by molar-refractivity contribution is 4.93. The van der Waals surface area contributed by atoms with Gasteiger partial charge in [0.25, 0.3) is 0 Å². The molecule has 0 aromatic carbocycles. The molecule has 0 N–H and O–H groups in total. The summed E-state index contributed by atoms with van der Waals surface area (Å²) in [5, 5.41) is 0. The van der Waals surface area contributed by atoms with Gasteiger partial charge in [0, 0.05) is 0 Å². The largest absolute Gasteiger partial charge is 0.0651 e. The Morgan fingerprint density at radius 3 is 2.36 bits per heavy atom. The van der Waals surface area contributed by atoms with E-state index in [2.05, 4.69) is 13.8 Å². The lowest BCUT2D eigenvalue weighted by Crippen LogP contribution is -2.07. The minimum atomic E-state index is 0.933. The van der Waals surface area contributed by atoms with Crippen LogP contribution in [0.25, 0.3) is 0 Å². The Hall–Kier alpha value is 0. The average molecular weight is 153 g/mol. The van der Waals surface area contributed by atoms with Crippen molar-refractivity contribution in [3.63, 3.8) is 0 Å². The van der Waals surface area contributed by atoms with Gasteiger partial charge in [0.1, 0.15) is 0 Å². The van der Waals surface area contributed by atoms with Crippen LogP contribution in [-0.2, 0) is 0 Å². The zero-order valence-electron chi connectivity index (χ0n) is 8.03. The van der Waals surface area contributed by atoms with E-state index < -0.39 is 0 Å². The monoisotopic (exact) mass is 153 g/mol. The standard InChI is InChI=1S/C11H21/c1-3-10(2)9-11-7-5-4-6-8-11/h10H,3-9H2,1-2H3. The molecule has 0 spiro atoms. The lowest BCUT2D eigenvalue weighted by atomic mass is 9.83. The van der Waals surface area contributed by atoms with Gasteiger partial charge in [0.15, 0.2) is 0 Å². The summed E-state index contributed by atoms with van der Waals surface area (Å²) >= 11 is 0. The number of hydrogen-bond acceptors (Lipinski definition) is 0. The number of hydrogen-bond donors (Lipinski definition) is 0. The van der Waals surface area contributed by atoms with Gasteiger partial charge in [-0.05, 0) is 31.1 Å². The van der Waals surface area contributed by atoms with Gasteiger partial charge in [0.2, 0.25) is 0 Å². The van der Waals surface area contributed by atoms with E-state index in [1.54, 1.807) is 0 Å². The molecule has 1 radical (unpaired) electrons. The predicted molar refractivity (Wildman–Crippen MR) is 50.4 cm³/mol. The molecular formula is C11H21. The first kappa shape index (κ1) is 9.09. The van der Waals surface area contributed by atoms with Crippen molar-refractivity contribution in [3.05, 3.63) is 5.92 Å². The van der Waals surface area contributed by atoms with Gasteiger partial charge < -0.3 is 0 Å². The molecule has 0 aliphatic heterocycles. The van der Waals surface area contributed by atoms with E-state index >= 15 is 0 Å². The van der Waals surface area contributed by atoms with Gasteiger partial charge in [-0.1, -0.05) is 39.5 Å². The second-order valence-corrected chi connectivity index (χ2v) is 4.03. The van der Waals surface area contributed by atoms with Crippen molar-refractivity contribution in [1.82, 2.24) is 0 Å². The fraction of sp³-hybridized carbons (Fsp3) is 0.909. The van der Waals surface area contributed by atoms with Crippen LogP contribution in [-0.4, -0.2) is 0 Å². The third kappa shape index (κ3) is 3.27. The van der Waals surface area contributed by atoms with Crippen LogP contribution in [0.3, 0.4) is 0 Å². The van der Waals surface area contributed by atoms with Crippen LogP contribution in [0.1, 0.15) is 58.8 Å². The molecule has 1 aliphatic carbocycles. The van der Waals surface area contributed by atoms with Crippen LogP contribution in [0.4, 0.5) is 0 Å². The van der Waals surface area contributed by atoms with Gasteiger partial charge >= 0.3 is 0 Å². The maximum absolute atomic E-state index is 2.38. The molecule has 1 aliphatic rings. The smallest absolute Gasteiger partial charge is 0.0238 e. The molecule has 65 valence electrons. The van der Waals surface area contributed by atoms with Crippen molar-refractivity contribution in [1.29, 1.82) is 0 Å². The molecule has 0 heterocycles. The second-order valence-electron chi connectivity index (χ2n) is 4.03. The van der Waals surface area contributed by atoms with Crippen LogP contribution in [0.2, 0.25) is 0 Å². The van der Waals surface area contributed by atoms with E-state index in [-0.39, 0.29) is 0 Å². The van der Waals surface area contributed by atoms with Crippen LogP contribution in [0.15, 0.2) is 0 Å². The summed E-state index contributed by atoms with van der Waals surface area (Å²) in [4.78, 5) is 0. The first-order chi connectivity index (χ1) is 5.33. The van der Waals surface area contributed by atoms with Gasteiger partial charge in [0.05, 0.1) is 0 Å². The molecular weight excluding hydrogens is 132 g/mol. The fourth-order valence-electron chi connectivity index (χ4n) is 1.89. The molecule has 0 aromatic rings. The van der Waals surface area contributed by atoms with Crippen molar-refractivity contribution in [2.75, 3.05) is 0 Å². The normalized spacial score (nSPS) is 23.5. The summed E-state index contributed by atoms with van der Waals surface area (Å²) in [6.07, 6.45) is 10.0. The molecule has 0 aromatic heterocycles. The SMILES string of the molecule is CCC(C)C[C]1CCCCC1. The van der Waals surface area contributed by atoms with Gasteiger partial charge in [-0.25, -0.2) is 0 Å². The Labute approximate surface area is 71.4 Å². The fourth-order valence-corrected chi connectivity index (χ4v) is 1.89. The van der Waals surface area contributed by atoms with Crippen molar-refractivity contribution < 1.29 is 0 Å². The van der Waals surface area contributed by atoms with Crippen molar-refractivity contribution >= 4 is 0 Å². The molecule has 0 bridgehead atoms. The summed E-state index contributed by atoms with van der Waals surface area (Å²) in [6.45, 7) is 4.68. The quantitative estimate of drug-likeness (QED) is 0.575. The van der Waals surface area contributed by atoms with Gasteiger partial charge in [-0.3, -0.25) is 0 Å². The summed E-state index contributed by atoms with van der Waals surface area (Å²) in [6, 6.07) is 0. The zero-order valence-corrected chi connectivity index (χ0v) is 8.03. The summed E-state index contributed by atoms with van der Waals surface area (Å²) in [5.74, 6) is 2.79. The molecule has 1 saturated carbocycles. The average Bonchev–Trinajstić information content (AvgIpc) is 2.06. The highest BCUT2D eigenvalue weighted by Gasteiger charge is 2.15. The lowest BCUT2D eigenvalue weighted by Gasteiger charge is -2.23. The molecule has 0 nitrogen and oxygen atoms in total. The van der Waals surface area contributed by atoms with E-state index in [1.807, 2.05) is 5.92 Å². The van der Waals surface area contributed by atoms with E-state index in [4.69, 9.17) is 0 Å². The van der Waals surface area contributed by atoms with E-state index in [1.165, 1.54) is 44.9 Å². The Balaban J connectivity index is 2.13. The molecule has 0 heteroatoms. The predicted octanol–water partition coefficient (Wildman–Crippen LogP) is 3.96. The van der Waals surface area contributed by atoms with Crippen molar-refractivity contribution in [2.45, 2.75) is 58.8 Å². The van der Waals surface area contributed by atoms with Crippen molar-refractivity contribution in [3.8, 4) is 0 Å². The summed E-state index contributed by atoms with van der Waals surface area (Å²) in [7, 11) is 0. The third-order valence-corrected chi connectivity index (χ3v) is 2.89. The van der Waals surface area contributed by atoms with E-state index in [9.17, 15) is 0 Å². The maximum atomic E-state index is 2.38. The molecule has 0 amide bonds. The van der Waals surface area contributed by atoms with Crippen LogP contribution < -0.4 is 0 Å². The van der Waals surface area contributed by atoms with Gasteiger partial charge in [-0.2, -0.15) is 0 Å². The first-order valence-electron chi connectivity index (χ1n) is 5.16. The highest BCUT2D eigenvalue weighted by atomic mass is 14.2. The first-order valence-corrected chi connectivity index (χ1v) is 5.16. The minimum Gasteiger partial charge on any atom is -0.0651 e. The Bertz CT molecular complexity index is 90.2. The molecule has 1 fully saturated rings. The molecule has 1 unspecified atom stereocenters. The topological polar surface area (TPSA) is 0 Å². The Morgan fingerprint density at radius 2 is 1.82 bits per heavy atom. The Morgan fingerprint density at radius 1 is 1.18 bits per heavy atom. The zero-order chi connectivity index (χ0) is 8.10. The Kier molecular flexibility index (Phi) is 3.96. The maximum Gasteiger partial charge on any atom is -0.0238 e. The summed E-state index contributed by atoms with van der Waals surface area (Å²) in [5.41, 5.74) is 0. The minimum absolute atomic E-state index is 0.933. The van der Waals surface area contributed by atoms with Crippen LogP contribution >= 0.6 is 0 Å². The third-order valence-electron chi connectivity index (χ3n) is 2.89. The van der Waals surface area contributed by atoms with E-state index in [0.29, 0.717) is 0 Å². The van der Waals surface area contributed by atoms with Gasteiger partial charge in [-0.15, -0.1) is 0 Å². The molecule has 1 rings (SSSR count). The molecule has 1 atom stereocenters. The molecule has 11 heavy (non-hydrogen) atoms. The van der Waals surface area contributed by atoms with Crippen molar-refractivity contribution in [2.24, 2.45) is 5.92 Å². The molecule has 0 saturated heterocycles. The van der Waals surface area contributed by atoms with Crippen LogP contribution in [0.5, 0.6) is 0 Å². The van der Waals surface area contributed by atoms with E-state index in [0.717, 1.165) is 5.92 Å². The highest BCUT2D eigenvalue weighted by Crippen LogP contribution is 2.31. The number of rotatable bonds is 3. The lowest BCUT2D eigenvalue weighted by molar-refractivity contribution is 0.438. The van der Waals surface area contributed by atoms with Crippen LogP contribution in [0, 0.1) is 11.8 Å².